The van der Waals surface area contributed by atoms with Crippen molar-refractivity contribution in [3.05, 3.63) is 29.8 Å². The van der Waals surface area contributed by atoms with Gasteiger partial charge in [0, 0.05) is 13.2 Å². The summed E-state index contributed by atoms with van der Waals surface area (Å²) in [4.78, 5) is 0. The highest BCUT2D eigenvalue weighted by molar-refractivity contribution is 5.30. The van der Waals surface area contributed by atoms with E-state index >= 15 is 0 Å². The highest BCUT2D eigenvalue weighted by Gasteiger charge is 2.21. The van der Waals surface area contributed by atoms with Crippen LogP contribution in [0.1, 0.15) is 44.3 Å². The molecule has 1 atom stereocenters. The van der Waals surface area contributed by atoms with Crippen LogP contribution >= 0.6 is 0 Å². The first-order valence-electron chi connectivity index (χ1n) is 7.79. The van der Waals surface area contributed by atoms with E-state index in [1.165, 1.54) is 24.8 Å². The lowest BCUT2D eigenvalue weighted by atomic mass is 10.1. The molecule has 0 amide bonds. The maximum absolute atomic E-state index is 6.11. The van der Waals surface area contributed by atoms with Gasteiger partial charge in [-0.3, -0.25) is 0 Å². The summed E-state index contributed by atoms with van der Waals surface area (Å²) in [5.74, 6) is 1.82. The summed E-state index contributed by atoms with van der Waals surface area (Å²) in [5.41, 5.74) is 1.20. The van der Waals surface area contributed by atoms with Gasteiger partial charge in [0.15, 0.2) is 0 Å². The summed E-state index contributed by atoms with van der Waals surface area (Å²) in [5, 5.41) is 3.46. The molecule has 1 unspecified atom stereocenters. The molecule has 20 heavy (non-hydrogen) atoms. The molecule has 0 saturated heterocycles. The fraction of sp³-hybridized carbons (Fsp3) is 0.647. The Morgan fingerprint density at radius 3 is 2.90 bits per heavy atom. The third-order valence-corrected chi connectivity index (χ3v) is 3.76. The van der Waals surface area contributed by atoms with Gasteiger partial charge >= 0.3 is 0 Å². The monoisotopic (exact) mass is 277 g/mol. The number of methoxy groups -OCH3 is 1. The minimum Gasteiger partial charge on any atom is -0.497 e. The first-order chi connectivity index (χ1) is 9.83. The number of nitrogens with one attached hydrogen (secondary N) is 1. The van der Waals surface area contributed by atoms with Crippen LogP contribution in [0.5, 0.6) is 5.75 Å². The quantitative estimate of drug-likeness (QED) is 0.663. The van der Waals surface area contributed by atoms with Crippen LogP contribution in [-0.2, 0) is 4.74 Å². The summed E-state index contributed by atoms with van der Waals surface area (Å²) < 4.78 is 11.4. The topological polar surface area (TPSA) is 30.5 Å². The fourth-order valence-corrected chi connectivity index (χ4v) is 2.31. The summed E-state index contributed by atoms with van der Waals surface area (Å²) in [7, 11) is 1.71. The number of benzene rings is 1. The van der Waals surface area contributed by atoms with Crippen molar-refractivity contribution in [1.29, 1.82) is 0 Å². The summed E-state index contributed by atoms with van der Waals surface area (Å²) in [6, 6.07) is 8.21. The smallest absolute Gasteiger partial charge is 0.119 e. The second-order valence-electron chi connectivity index (χ2n) is 5.57. The molecule has 1 aromatic rings. The van der Waals surface area contributed by atoms with E-state index in [0.29, 0.717) is 0 Å². The zero-order valence-electron chi connectivity index (χ0n) is 12.7. The van der Waals surface area contributed by atoms with Gasteiger partial charge in [-0.1, -0.05) is 31.9 Å². The highest BCUT2D eigenvalue weighted by Crippen LogP contribution is 2.33. The van der Waals surface area contributed by atoms with E-state index in [2.05, 4.69) is 24.4 Å². The predicted octanol–water partition coefficient (Wildman–Crippen LogP) is 3.55. The van der Waals surface area contributed by atoms with Crippen LogP contribution in [0.2, 0.25) is 0 Å². The zero-order chi connectivity index (χ0) is 14.2. The fourth-order valence-electron chi connectivity index (χ4n) is 2.31. The van der Waals surface area contributed by atoms with E-state index in [1.807, 2.05) is 12.1 Å². The van der Waals surface area contributed by atoms with Crippen LogP contribution < -0.4 is 10.1 Å². The summed E-state index contributed by atoms with van der Waals surface area (Å²) >= 11 is 0. The van der Waals surface area contributed by atoms with Crippen molar-refractivity contribution >= 4 is 0 Å². The third kappa shape index (κ3) is 5.14. The number of hydrogen-bond acceptors (Lipinski definition) is 3. The molecule has 0 spiro atoms. The van der Waals surface area contributed by atoms with Gasteiger partial charge in [0.05, 0.1) is 13.2 Å². The second kappa shape index (κ2) is 8.28. The molecule has 1 aliphatic carbocycles. The Hall–Kier alpha value is -1.06. The average molecular weight is 277 g/mol. The molecular weight excluding hydrogens is 250 g/mol. The Morgan fingerprint density at radius 2 is 2.20 bits per heavy atom. The standard InChI is InChI=1S/C17H27NO2/c1-3-10-18-13-17(20-11-9-14-7-8-14)15-5-4-6-16(12-15)19-2/h4-6,12,14,17-18H,3,7-11,13H2,1-2H3. The predicted molar refractivity (Wildman–Crippen MR) is 82.2 cm³/mol. The molecule has 3 heteroatoms. The Morgan fingerprint density at radius 1 is 1.35 bits per heavy atom. The van der Waals surface area contributed by atoms with Crippen LogP contribution in [0.15, 0.2) is 24.3 Å². The van der Waals surface area contributed by atoms with Crippen LogP contribution in [0.4, 0.5) is 0 Å². The maximum Gasteiger partial charge on any atom is 0.119 e. The zero-order valence-corrected chi connectivity index (χ0v) is 12.7. The highest BCUT2D eigenvalue weighted by atomic mass is 16.5. The molecule has 3 nitrogen and oxygen atoms in total. The molecule has 0 aliphatic heterocycles. The third-order valence-electron chi connectivity index (χ3n) is 3.76. The Bertz CT molecular complexity index is 390. The Balaban J connectivity index is 1.90. The van der Waals surface area contributed by atoms with Gasteiger partial charge < -0.3 is 14.8 Å². The van der Waals surface area contributed by atoms with Crippen LogP contribution in [0.25, 0.3) is 0 Å². The normalized spacial score (nSPS) is 16.1. The van der Waals surface area contributed by atoms with Crippen molar-refractivity contribution in [2.75, 3.05) is 26.8 Å². The maximum atomic E-state index is 6.11. The number of rotatable bonds is 10. The van der Waals surface area contributed by atoms with E-state index in [9.17, 15) is 0 Å². The van der Waals surface area contributed by atoms with Gasteiger partial charge in [-0.2, -0.15) is 0 Å². The van der Waals surface area contributed by atoms with E-state index in [1.54, 1.807) is 7.11 Å². The van der Waals surface area contributed by atoms with Crippen LogP contribution in [-0.4, -0.2) is 26.8 Å². The number of hydrogen-bond donors (Lipinski definition) is 1. The molecule has 2 rings (SSSR count). The van der Waals surface area contributed by atoms with E-state index in [-0.39, 0.29) is 6.10 Å². The molecule has 0 bridgehead atoms. The van der Waals surface area contributed by atoms with Crippen LogP contribution in [0.3, 0.4) is 0 Å². The lowest BCUT2D eigenvalue weighted by molar-refractivity contribution is 0.0486. The van der Waals surface area contributed by atoms with Gasteiger partial charge in [0.1, 0.15) is 5.75 Å². The van der Waals surface area contributed by atoms with Gasteiger partial charge in [0.25, 0.3) is 0 Å². The van der Waals surface area contributed by atoms with Crippen LogP contribution in [0, 0.1) is 5.92 Å². The minimum absolute atomic E-state index is 0.121. The molecule has 112 valence electrons. The van der Waals surface area contributed by atoms with Crippen molar-refractivity contribution in [3.8, 4) is 5.75 Å². The average Bonchev–Trinajstić information content (AvgIpc) is 3.30. The molecule has 1 aromatic carbocycles. The van der Waals surface area contributed by atoms with Gasteiger partial charge in [-0.25, -0.2) is 0 Å². The molecule has 1 N–H and O–H groups in total. The molecule has 0 radical (unpaired) electrons. The van der Waals surface area contributed by atoms with Crippen molar-refractivity contribution in [2.24, 2.45) is 5.92 Å². The molecule has 1 fully saturated rings. The second-order valence-corrected chi connectivity index (χ2v) is 5.57. The lowest BCUT2D eigenvalue weighted by Crippen LogP contribution is -2.24. The molecule has 1 saturated carbocycles. The summed E-state index contributed by atoms with van der Waals surface area (Å²) in [6.07, 6.45) is 5.25. The lowest BCUT2D eigenvalue weighted by Gasteiger charge is -2.19. The van der Waals surface area contributed by atoms with Gasteiger partial charge in [-0.15, -0.1) is 0 Å². The molecule has 0 heterocycles. The molecule has 0 aromatic heterocycles. The van der Waals surface area contributed by atoms with Crippen molar-refractivity contribution in [2.45, 2.75) is 38.7 Å². The van der Waals surface area contributed by atoms with E-state index in [4.69, 9.17) is 9.47 Å². The Kier molecular flexibility index (Phi) is 6.34. The van der Waals surface area contributed by atoms with Gasteiger partial charge in [0.2, 0.25) is 0 Å². The minimum atomic E-state index is 0.121. The van der Waals surface area contributed by atoms with E-state index < -0.39 is 0 Å². The molecular formula is C17H27NO2. The molecule has 1 aliphatic rings. The van der Waals surface area contributed by atoms with Crippen molar-refractivity contribution in [1.82, 2.24) is 5.32 Å². The SMILES string of the molecule is CCCNCC(OCCC1CC1)c1cccc(OC)c1. The Labute approximate surface area is 122 Å². The summed E-state index contributed by atoms with van der Waals surface area (Å²) in [6.45, 7) is 4.94. The van der Waals surface area contributed by atoms with Crippen molar-refractivity contribution < 1.29 is 9.47 Å². The first kappa shape index (κ1) is 15.3. The van der Waals surface area contributed by atoms with Gasteiger partial charge in [-0.05, 0) is 43.0 Å². The van der Waals surface area contributed by atoms with E-state index in [0.717, 1.165) is 37.8 Å². The first-order valence-corrected chi connectivity index (χ1v) is 7.79. The number of ether oxygens (including phenoxy) is 2. The largest absolute Gasteiger partial charge is 0.497 e. The van der Waals surface area contributed by atoms with Crippen molar-refractivity contribution in [3.63, 3.8) is 0 Å².